The maximum Gasteiger partial charge on any atom is 0.265 e. The third-order valence-electron chi connectivity index (χ3n) is 3.77. The number of ether oxygens (including phenoxy) is 1. The molecule has 0 aliphatic heterocycles. The molecule has 0 radical (unpaired) electrons. The molecule has 2 aromatic carbocycles. The zero-order valence-electron chi connectivity index (χ0n) is 14.6. The van der Waals surface area contributed by atoms with Crippen LogP contribution in [0.5, 0.6) is 5.75 Å². The SMILES string of the molecule is CCC(Oc1ccc(C(C)(C)C)cc1)C(=O)Nc1ccc(I)cc1. The van der Waals surface area contributed by atoms with Crippen molar-refractivity contribution >= 4 is 34.2 Å². The third kappa shape index (κ3) is 5.23. The van der Waals surface area contributed by atoms with Crippen LogP contribution in [0.1, 0.15) is 39.7 Å². The van der Waals surface area contributed by atoms with Crippen LogP contribution in [0.4, 0.5) is 5.69 Å². The quantitative estimate of drug-likeness (QED) is 0.638. The monoisotopic (exact) mass is 437 g/mol. The summed E-state index contributed by atoms with van der Waals surface area (Å²) in [4.78, 5) is 12.4. The summed E-state index contributed by atoms with van der Waals surface area (Å²) in [6.07, 6.45) is 0.0989. The molecule has 4 heteroatoms. The van der Waals surface area contributed by atoms with E-state index in [4.69, 9.17) is 4.74 Å². The van der Waals surface area contributed by atoms with Crippen molar-refractivity contribution in [3.63, 3.8) is 0 Å². The molecule has 2 aromatic rings. The second kappa shape index (κ2) is 8.01. The lowest BCUT2D eigenvalue weighted by Crippen LogP contribution is -2.32. The Morgan fingerprint density at radius 1 is 1.08 bits per heavy atom. The van der Waals surface area contributed by atoms with Gasteiger partial charge in [-0.1, -0.05) is 39.8 Å². The Morgan fingerprint density at radius 3 is 2.17 bits per heavy atom. The average molecular weight is 437 g/mol. The number of rotatable bonds is 5. The van der Waals surface area contributed by atoms with Crippen LogP contribution < -0.4 is 10.1 Å². The molecule has 0 saturated heterocycles. The van der Waals surface area contributed by atoms with E-state index in [0.29, 0.717) is 12.2 Å². The molecule has 0 bridgehead atoms. The summed E-state index contributed by atoms with van der Waals surface area (Å²) < 4.78 is 7.01. The molecule has 1 unspecified atom stereocenters. The Bertz CT molecular complexity index is 672. The first-order chi connectivity index (χ1) is 11.3. The first-order valence-corrected chi connectivity index (χ1v) is 9.21. The standard InChI is InChI=1S/C20H24INO2/c1-5-18(19(23)22-16-10-8-15(21)9-11-16)24-17-12-6-14(7-13-17)20(2,3)4/h6-13,18H,5H2,1-4H3,(H,22,23). The highest BCUT2D eigenvalue weighted by Gasteiger charge is 2.19. The zero-order valence-corrected chi connectivity index (χ0v) is 16.8. The molecule has 1 atom stereocenters. The number of halogens is 1. The molecule has 2 rings (SSSR count). The van der Waals surface area contributed by atoms with Crippen molar-refractivity contribution in [2.45, 2.75) is 45.6 Å². The first-order valence-electron chi connectivity index (χ1n) is 8.13. The lowest BCUT2D eigenvalue weighted by Gasteiger charge is -2.21. The summed E-state index contributed by atoms with van der Waals surface area (Å²) in [6.45, 7) is 8.46. The Labute approximate surface area is 157 Å². The first kappa shape index (κ1) is 18.8. The summed E-state index contributed by atoms with van der Waals surface area (Å²) in [6, 6.07) is 15.7. The molecule has 1 N–H and O–H groups in total. The second-order valence-corrected chi connectivity index (χ2v) is 8.03. The van der Waals surface area contributed by atoms with Gasteiger partial charge in [-0.3, -0.25) is 4.79 Å². The van der Waals surface area contributed by atoms with Crippen LogP contribution in [0.2, 0.25) is 0 Å². The molecule has 0 aliphatic carbocycles. The molecule has 0 spiro atoms. The van der Waals surface area contributed by atoms with Gasteiger partial charge in [0.05, 0.1) is 0 Å². The van der Waals surface area contributed by atoms with E-state index in [1.807, 2.05) is 43.3 Å². The molecule has 1 amide bonds. The van der Waals surface area contributed by atoms with Gasteiger partial charge in [0.25, 0.3) is 5.91 Å². The van der Waals surface area contributed by atoms with Crippen LogP contribution in [-0.2, 0) is 10.2 Å². The van der Waals surface area contributed by atoms with E-state index < -0.39 is 6.10 Å². The number of hydrogen-bond donors (Lipinski definition) is 1. The Hall–Kier alpha value is -1.56. The minimum absolute atomic E-state index is 0.102. The highest BCUT2D eigenvalue weighted by Crippen LogP contribution is 2.25. The molecule has 0 aromatic heterocycles. The molecular weight excluding hydrogens is 413 g/mol. The van der Waals surface area contributed by atoms with E-state index in [2.05, 4.69) is 60.8 Å². The Kier molecular flexibility index (Phi) is 6.27. The van der Waals surface area contributed by atoms with Crippen LogP contribution in [0.3, 0.4) is 0 Å². The summed E-state index contributed by atoms with van der Waals surface area (Å²) in [5.41, 5.74) is 2.13. The Balaban J connectivity index is 2.03. The maximum absolute atomic E-state index is 12.4. The van der Waals surface area contributed by atoms with Crippen LogP contribution in [-0.4, -0.2) is 12.0 Å². The molecule has 128 valence electrons. The van der Waals surface area contributed by atoms with Crippen LogP contribution in [0.15, 0.2) is 48.5 Å². The number of amides is 1. The number of nitrogens with one attached hydrogen (secondary N) is 1. The van der Waals surface area contributed by atoms with Gasteiger partial charge in [0.2, 0.25) is 0 Å². The van der Waals surface area contributed by atoms with Gasteiger partial charge < -0.3 is 10.1 Å². The molecule has 0 heterocycles. The van der Waals surface area contributed by atoms with Gasteiger partial charge in [-0.2, -0.15) is 0 Å². The van der Waals surface area contributed by atoms with Gasteiger partial charge in [0, 0.05) is 9.26 Å². The van der Waals surface area contributed by atoms with Crippen molar-refractivity contribution in [3.8, 4) is 5.75 Å². The largest absolute Gasteiger partial charge is 0.481 e. The van der Waals surface area contributed by atoms with Crippen molar-refractivity contribution in [2.75, 3.05) is 5.32 Å². The summed E-state index contributed by atoms with van der Waals surface area (Å²) >= 11 is 2.24. The zero-order chi connectivity index (χ0) is 17.7. The summed E-state index contributed by atoms with van der Waals surface area (Å²) in [7, 11) is 0. The number of hydrogen-bond acceptors (Lipinski definition) is 2. The molecule has 0 aliphatic rings. The fourth-order valence-electron chi connectivity index (χ4n) is 2.28. The van der Waals surface area contributed by atoms with Gasteiger partial charge in [-0.05, 0) is 76.4 Å². The maximum atomic E-state index is 12.4. The number of carbonyl (C=O) groups excluding carboxylic acids is 1. The smallest absolute Gasteiger partial charge is 0.265 e. The van der Waals surface area contributed by atoms with Gasteiger partial charge in [0.1, 0.15) is 5.75 Å². The van der Waals surface area contributed by atoms with Crippen molar-refractivity contribution < 1.29 is 9.53 Å². The molecule has 3 nitrogen and oxygen atoms in total. The van der Waals surface area contributed by atoms with Crippen molar-refractivity contribution in [2.24, 2.45) is 0 Å². The van der Waals surface area contributed by atoms with E-state index in [1.165, 1.54) is 5.56 Å². The van der Waals surface area contributed by atoms with E-state index in [9.17, 15) is 4.79 Å². The fourth-order valence-corrected chi connectivity index (χ4v) is 2.64. The van der Waals surface area contributed by atoms with Gasteiger partial charge in [-0.15, -0.1) is 0 Å². The van der Waals surface area contributed by atoms with Crippen molar-refractivity contribution in [1.82, 2.24) is 0 Å². The van der Waals surface area contributed by atoms with E-state index in [0.717, 1.165) is 9.26 Å². The highest BCUT2D eigenvalue weighted by molar-refractivity contribution is 14.1. The van der Waals surface area contributed by atoms with Crippen molar-refractivity contribution in [3.05, 3.63) is 57.7 Å². The fraction of sp³-hybridized carbons (Fsp3) is 0.350. The van der Waals surface area contributed by atoms with Crippen LogP contribution in [0.25, 0.3) is 0 Å². The van der Waals surface area contributed by atoms with Crippen molar-refractivity contribution in [1.29, 1.82) is 0 Å². The van der Waals surface area contributed by atoms with Gasteiger partial charge in [0.15, 0.2) is 6.10 Å². The van der Waals surface area contributed by atoms with Gasteiger partial charge in [-0.25, -0.2) is 0 Å². The minimum Gasteiger partial charge on any atom is -0.481 e. The Morgan fingerprint density at radius 2 is 1.67 bits per heavy atom. The third-order valence-corrected chi connectivity index (χ3v) is 4.49. The van der Waals surface area contributed by atoms with Crippen LogP contribution >= 0.6 is 22.6 Å². The number of anilines is 1. The number of carbonyl (C=O) groups is 1. The highest BCUT2D eigenvalue weighted by atomic mass is 127. The van der Waals surface area contributed by atoms with Crippen LogP contribution in [0, 0.1) is 3.57 Å². The predicted octanol–water partition coefficient (Wildman–Crippen LogP) is 5.38. The second-order valence-electron chi connectivity index (χ2n) is 6.79. The topological polar surface area (TPSA) is 38.3 Å². The average Bonchev–Trinajstić information content (AvgIpc) is 2.54. The normalized spacial score (nSPS) is 12.5. The van der Waals surface area contributed by atoms with E-state index in [-0.39, 0.29) is 11.3 Å². The van der Waals surface area contributed by atoms with E-state index in [1.54, 1.807) is 0 Å². The predicted molar refractivity (Wildman–Crippen MR) is 108 cm³/mol. The molecule has 0 saturated carbocycles. The summed E-state index contributed by atoms with van der Waals surface area (Å²) in [5, 5.41) is 2.91. The summed E-state index contributed by atoms with van der Waals surface area (Å²) in [5.74, 6) is 0.589. The lowest BCUT2D eigenvalue weighted by atomic mass is 9.87. The molecule has 0 fully saturated rings. The van der Waals surface area contributed by atoms with E-state index >= 15 is 0 Å². The lowest BCUT2D eigenvalue weighted by molar-refractivity contribution is -0.122. The molecular formula is C20H24INO2. The minimum atomic E-state index is -0.509. The molecule has 24 heavy (non-hydrogen) atoms. The number of benzene rings is 2. The van der Waals surface area contributed by atoms with Gasteiger partial charge >= 0.3 is 0 Å².